The topological polar surface area (TPSA) is 66.0 Å². The highest BCUT2D eigenvalue weighted by atomic mass is 15.1. The number of unbranched alkanes of at least 4 members (excludes halogenated alkanes) is 2. The maximum atomic E-state index is 7.34. The van der Waals surface area contributed by atoms with Gasteiger partial charge in [0.05, 0.1) is 11.9 Å². The maximum absolute atomic E-state index is 7.34. The molecule has 4 nitrogen and oxygen atoms in total. The zero-order valence-electron chi connectivity index (χ0n) is 11.4. The third-order valence-electron chi connectivity index (χ3n) is 2.95. The van der Waals surface area contributed by atoms with E-state index in [0.29, 0.717) is 5.69 Å². The molecule has 18 heavy (non-hydrogen) atoms. The Morgan fingerprint density at radius 3 is 2.22 bits per heavy atom. The summed E-state index contributed by atoms with van der Waals surface area (Å²) in [6, 6.07) is 3.83. The molecule has 1 rings (SSSR count). The molecule has 0 atom stereocenters. The SMILES string of the molecule is CCCCN(CCCC)c1ccc(C(=N)N)nc1. The second kappa shape index (κ2) is 7.69. The Balaban J connectivity index is 2.73. The first-order valence-electron chi connectivity index (χ1n) is 6.74. The average molecular weight is 248 g/mol. The van der Waals surface area contributed by atoms with Gasteiger partial charge in [-0.05, 0) is 25.0 Å². The third-order valence-corrected chi connectivity index (χ3v) is 2.95. The molecular weight excluding hydrogens is 224 g/mol. The van der Waals surface area contributed by atoms with Gasteiger partial charge in [-0.1, -0.05) is 26.7 Å². The lowest BCUT2D eigenvalue weighted by atomic mass is 10.2. The minimum atomic E-state index is 0.0233. The molecule has 0 aliphatic heterocycles. The zero-order valence-corrected chi connectivity index (χ0v) is 11.4. The largest absolute Gasteiger partial charge is 0.382 e. The van der Waals surface area contributed by atoms with Crippen molar-refractivity contribution >= 4 is 11.5 Å². The Morgan fingerprint density at radius 2 is 1.83 bits per heavy atom. The van der Waals surface area contributed by atoms with Crippen molar-refractivity contribution in [1.29, 1.82) is 5.41 Å². The molecule has 0 aromatic carbocycles. The molecule has 100 valence electrons. The van der Waals surface area contributed by atoms with Gasteiger partial charge < -0.3 is 10.6 Å². The normalized spacial score (nSPS) is 10.3. The van der Waals surface area contributed by atoms with Gasteiger partial charge >= 0.3 is 0 Å². The number of hydrogen-bond acceptors (Lipinski definition) is 3. The van der Waals surface area contributed by atoms with E-state index in [9.17, 15) is 0 Å². The minimum absolute atomic E-state index is 0.0233. The fourth-order valence-corrected chi connectivity index (χ4v) is 1.80. The highest BCUT2D eigenvalue weighted by molar-refractivity contribution is 5.93. The molecule has 0 aliphatic carbocycles. The van der Waals surface area contributed by atoms with Crippen molar-refractivity contribution in [2.45, 2.75) is 39.5 Å². The zero-order chi connectivity index (χ0) is 13.4. The number of pyridine rings is 1. The van der Waals surface area contributed by atoms with Crippen molar-refractivity contribution in [1.82, 2.24) is 4.98 Å². The number of nitrogens with two attached hydrogens (primary N) is 1. The number of rotatable bonds is 8. The summed E-state index contributed by atoms with van der Waals surface area (Å²) in [5, 5.41) is 7.34. The van der Waals surface area contributed by atoms with E-state index in [1.807, 2.05) is 18.3 Å². The maximum Gasteiger partial charge on any atom is 0.141 e. The number of nitrogens with one attached hydrogen (secondary N) is 1. The predicted molar refractivity (Wildman–Crippen MR) is 77.3 cm³/mol. The van der Waals surface area contributed by atoms with Crippen LogP contribution >= 0.6 is 0 Å². The van der Waals surface area contributed by atoms with Gasteiger partial charge in [0.25, 0.3) is 0 Å². The molecule has 1 aromatic heterocycles. The molecule has 0 aliphatic rings. The van der Waals surface area contributed by atoms with Crippen LogP contribution < -0.4 is 10.6 Å². The Labute approximate surface area is 110 Å². The van der Waals surface area contributed by atoms with Crippen molar-refractivity contribution in [3.8, 4) is 0 Å². The molecule has 0 unspecified atom stereocenters. The van der Waals surface area contributed by atoms with Crippen molar-refractivity contribution in [3.63, 3.8) is 0 Å². The second-order valence-corrected chi connectivity index (χ2v) is 4.51. The van der Waals surface area contributed by atoms with Gasteiger partial charge in [-0.25, -0.2) is 0 Å². The van der Waals surface area contributed by atoms with E-state index < -0.39 is 0 Å². The van der Waals surface area contributed by atoms with Crippen LogP contribution in [0.4, 0.5) is 5.69 Å². The van der Waals surface area contributed by atoms with Gasteiger partial charge in [0.15, 0.2) is 0 Å². The standard InChI is InChI=1S/C14H24N4/c1-3-5-9-18(10-6-4-2)12-7-8-13(14(15)16)17-11-12/h7-8,11H,3-6,9-10H2,1-2H3,(H3,15,16). The molecule has 0 fully saturated rings. The van der Waals surface area contributed by atoms with Crippen LogP contribution in [0.25, 0.3) is 0 Å². The Morgan fingerprint density at radius 1 is 1.22 bits per heavy atom. The number of anilines is 1. The van der Waals surface area contributed by atoms with E-state index in [4.69, 9.17) is 11.1 Å². The lowest BCUT2D eigenvalue weighted by molar-refractivity contribution is 0.677. The van der Waals surface area contributed by atoms with Crippen molar-refractivity contribution in [2.24, 2.45) is 5.73 Å². The van der Waals surface area contributed by atoms with Crippen LogP contribution in [0.3, 0.4) is 0 Å². The highest BCUT2D eigenvalue weighted by Gasteiger charge is 2.06. The molecule has 4 heteroatoms. The van der Waals surface area contributed by atoms with E-state index in [1.54, 1.807) is 0 Å². The second-order valence-electron chi connectivity index (χ2n) is 4.51. The summed E-state index contributed by atoms with van der Waals surface area (Å²) in [6.45, 7) is 6.54. The van der Waals surface area contributed by atoms with E-state index >= 15 is 0 Å². The number of amidine groups is 1. The van der Waals surface area contributed by atoms with Gasteiger partial charge in [-0.2, -0.15) is 0 Å². The highest BCUT2D eigenvalue weighted by Crippen LogP contribution is 2.15. The number of aromatic nitrogens is 1. The average Bonchev–Trinajstić information content (AvgIpc) is 2.39. The van der Waals surface area contributed by atoms with Gasteiger partial charge in [-0.3, -0.25) is 10.4 Å². The Hall–Kier alpha value is -1.58. The number of hydrogen-bond donors (Lipinski definition) is 2. The minimum Gasteiger partial charge on any atom is -0.382 e. The van der Waals surface area contributed by atoms with Crippen molar-refractivity contribution in [2.75, 3.05) is 18.0 Å². The van der Waals surface area contributed by atoms with E-state index in [1.165, 1.54) is 25.7 Å². The summed E-state index contributed by atoms with van der Waals surface area (Å²) in [7, 11) is 0. The first-order chi connectivity index (χ1) is 8.69. The first kappa shape index (κ1) is 14.5. The number of nitrogen functional groups attached to an aromatic ring is 1. The molecule has 1 aromatic rings. The molecule has 0 amide bonds. The summed E-state index contributed by atoms with van der Waals surface area (Å²) >= 11 is 0. The summed E-state index contributed by atoms with van der Waals surface area (Å²) in [5.41, 5.74) is 7.08. The van der Waals surface area contributed by atoms with Crippen LogP contribution in [0, 0.1) is 5.41 Å². The summed E-state index contributed by atoms with van der Waals surface area (Å²) in [4.78, 5) is 6.59. The molecule has 0 bridgehead atoms. The lowest BCUT2D eigenvalue weighted by Gasteiger charge is -2.24. The van der Waals surface area contributed by atoms with Gasteiger partial charge in [0.2, 0.25) is 0 Å². The van der Waals surface area contributed by atoms with Gasteiger partial charge in [0, 0.05) is 13.1 Å². The fraction of sp³-hybridized carbons (Fsp3) is 0.571. The molecule has 0 saturated carbocycles. The molecule has 1 heterocycles. The molecule has 0 spiro atoms. The van der Waals surface area contributed by atoms with Crippen molar-refractivity contribution in [3.05, 3.63) is 24.0 Å². The van der Waals surface area contributed by atoms with E-state index in [-0.39, 0.29) is 5.84 Å². The molecule has 3 N–H and O–H groups in total. The fourth-order valence-electron chi connectivity index (χ4n) is 1.80. The van der Waals surface area contributed by atoms with Crippen LogP contribution in [-0.2, 0) is 0 Å². The van der Waals surface area contributed by atoms with Gasteiger partial charge in [-0.15, -0.1) is 0 Å². The Kier molecular flexibility index (Phi) is 6.19. The quantitative estimate of drug-likeness (QED) is 0.549. The lowest BCUT2D eigenvalue weighted by Crippen LogP contribution is -2.26. The Bertz CT molecular complexity index is 351. The van der Waals surface area contributed by atoms with Crippen LogP contribution in [-0.4, -0.2) is 23.9 Å². The summed E-state index contributed by atoms with van der Waals surface area (Å²) in [6.07, 6.45) is 6.60. The summed E-state index contributed by atoms with van der Waals surface area (Å²) in [5.74, 6) is 0.0233. The van der Waals surface area contributed by atoms with Crippen LogP contribution in [0.2, 0.25) is 0 Å². The smallest absolute Gasteiger partial charge is 0.141 e. The van der Waals surface area contributed by atoms with E-state index in [0.717, 1.165) is 18.8 Å². The first-order valence-corrected chi connectivity index (χ1v) is 6.74. The van der Waals surface area contributed by atoms with Crippen LogP contribution in [0.1, 0.15) is 45.2 Å². The third kappa shape index (κ3) is 4.35. The van der Waals surface area contributed by atoms with Crippen LogP contribution in [0.5, 0.6) is 0 Å². The monoisotopic (exact) mass is 248 g/mol. The van der Waals surface area contributed by atoms with Gasteiger partial charge in [0.1, 0.15) is 11.5 Å². The molecular formula is C14H24N4. The summed E-state index contributed by atoms with van der Waals surface area (Å²) < 4.78 is 0. The predicted octanol–water partition coefficient (Wildman–Crippen LogP) is 2.77. The molecule has 0 radical (unpaired) electrons. The molecule has 0 saturated heterocycles. The number of nitrogens with zero attached hydrogens (tertiary/aromatic N) is 2. The van der Waals surface area contributed by atoms with Crippen molar-refractivity contribution < 1.29 is 0 Å². The van der Waals surface area contributed by atoms with E-state index in [2.05, 4.69) is 23.7 Å². The van der Waals surface area contributed by atoms with Crippen LogP contribution in [0.15, 0.2) is 18.3 Å².